The minimum absolute atomic E-state index is 0.00384. The van der Waals surface area contributed by atoms with E-state index in [0.29, 0.717) is 10.9 Å². The second-order valence-electron chi connectivity index (χ2n) is 4.88. The van der Waals surface area contributed by atoms with E-state index in [-0.39, 0.29) is 17.3 Å². The first-order valence-electron chi connectivity index (χ1n) is 6.92. The van der Waals surface area contributed by atoms with Gasteiger partial charge in [-0.25, -0.2) is 4.79 Å². The molecule has 1 N–H and O–H groups in total. The predicted octanol–water partition coefficient (Wildman–Crippen LogP) is 2.83. The Morgan fingerprint density at radius 1 is 1.11 bits per heavy atom. The minimum Gasteiger partial charge on any atom is -0.307 e. The standard InChI is InChI=1S/C15H20N2O2/c1-3-7-11(8-4-2)17-14(18)12-9-5-6-10-13(12)16-15(17)19/h5-6,9-11H,3-4,7-8H2,1-2H3,(H,16,19). The van der Waals surface area contributed by atoms with Crippen LogP contribution in [-0.2, 0) is 0 Å². The van der Waals surface area contributed by atoms with Crippen LogP contribution in [0.5, 0.6) is 0 Å². The summed E-state index contributed by atoms with van der Waals surface area (Å²) >= 11 is 0. The van der Waals surface area contributed by atoms with Crippen molar-refractivity contribution in [2.75, 3.05) is 0 Å². The number of rotatable bonds is 5. The molecule has 0 fully saturated rings. The van der Waals surface area contributed by atoms with Crippen molar-refractivity contribution in [1.82, 2.24) is 9.55 Å². The molecule has 102 valence electrons. The van der Waals surface area contributed by atoms with Crippen molar-refractivity contribution in [2.24, 2.45) is 0 Å². The molecule has 0 aliphatic heterocycles. The highest BCUT2D eigenvalue weighted by Gasteiger charge is 2.15. The highest BCUT2D eigenvalue weighted by molar-refractivity contribution is 5.76. The maximum atomic E-state index is 12.5. The number of nitrogens with zero attached hydrogens (tertiary/aromatic N) is 1. The Morgan fingerprint density at radius 3 is 2.37 bits per heavy atom. The van der Waals surface area contributed by atoms with Crippen LogP contribution in [0.1, 0.15) is 45.6 Å². The number of benzene rings is 1. The van der Waals surface area contributed by atoms with Gasteiger partial charge in [-0.2, -0.15) is 0 Å². The molecule has 0 bridgehead atoms. The summed E-state index contributed by atoms with van der Waals surface area (Å²) in [5.41, 5.74) is 0.141. The molecule has 1 aromatic carbocycles. The molecule has 0 unspecified atom stereocenters. The molecule has 0 saturated carbocycles. The lowest BCUT2D eigenvalue weighted by molar-refractivity contribution is 0.403. The fourth-order valence-corrected chi connectivity index (χ4v) is 2.58. The van der Waals surface area contributed by atoms with Gasteiger partial charge in [0, 0.05) is 6.04 Å². The summed E-state index contributed by atoms with van der Waals surface area (Å²) in [5.74, 6) is 0. The first kappa shape index (κ1) is 13.6. The summed E-state index contributed by atoms with van der Waals surface area (Å²) in [6.45, 7) is 4.14. The molecule has 0 saturated heterocycles. The van der Waals surface area contributed by atoms with Crippen LogP contribution >= 0.6 is 0 Å². The van der Waals surface area contributed by atoms with Crippen LogP contribution in [0.15, 0.2) is 33.9 Å². The van der Waals surface area contributed by atoms with E-state index >= 15 is 0 Å². The Morgan fingerprint density at radius 2 is 1.74 bits per heavy atom. The second-order valence-corrected chi connectivity index (χ2v) is 4.88. The van der Waals surface area contributed by atoms with Gasteiger partial charge in [0.25, 0.3) is 5.56 Å². The van der Waals surface area contributed by atoms with Gasteiger partial charge < -0.3 is 4.98 Å². The van der Waals surface area contributed by atoms with Gasteiger partial charge in [0.05, 0.1) is 10.9 Å². The van der Waals surface area contributed by atoms with Crippen molar-refractivity contribution in [1.29, 1.82) is 0 Å². The number of fused-ring (bicyclic) bond motifs is 1. The Labute approximate surface area is 112 Å². The predicted molar refractivity (Wildman–Crippen MR) is 77.7 cm³/mol. The van der Waals surface area contributed by atoms with E-state index in [2.05, 4.69) is 18.8 Å². The SMILES string of the molecule is CCCC(CCC)n1c(=O)[nH]c2ccccc2c1=O. The first-order valence-corrected chi connectivity index (χ1v) is 6.92. The van der Waals surface area contributed by atoms with Crippen LogP contribution in [0.3, 0.4) is 0 Å². The number of aromatic nitrogens is 2. The van der Waals surface area contributed by atoms with Crippen molar-refractivity contribution in [3.05, 3.63) is 45.1 Å². The molecule has 4 heteroatoms. The van der Waals surface area contributed by atoms with Gasteiger partial charge >= 0.3 is 5.69 Å². The van der Waals surface area contributed by atoms with E-state index in [0.717, 1.165) is 25.7 Å². The summed E-state index contributed by atoms with van der Waals surface area (Å²) in [7, 11) is 0. The molecule has 1 aromatic heterocycles. The van der Waals surface area contributed by atoms with Gasteiger partial charge in [-0.15, -0.1) is 0 Å². The van der Waals surface area contributed by atoms with Gasteiger partial charge in [0.2, 0.25) is 0 Å². The van der Waals surface area contributed by atoms with E-state index in [4.69, 9.17) is 0 Å². The summed E-state index contributed by atoms with van der Waals surface area (Å²) in [5, 5.41) is 0.583. The van der Waals surface area contributed by atoms with Crippen LogP contribution in [0.25, 0.3) is 10.9 Å². The molecule has 0 amide bonds. The molecule has 0 atom stereocenters. The number of hydrogen-bond donors (Lipinski definition) is 1. The Balaban J connectivity index is 2.65. The smallest absolute Gasteiger partial charge is 0.307 e. The first-order chi connectivity index (χ1) is 9.19. The number of hydrogen-bond acceptors (Lipinski definition) is 2. The topological polar surface area (TPSA) is 54.9 Å². The summed E-state index contributed by atoms with van der Waals surface area (Å²) in [4.78, 5) is 27.4. The van der Waals surface area contributed by atoms with E-state index in [1.807, 2.05) is 12.1 Å². The third kappa shape index (κ3) is 2.62. The van der Waals surface area contributed by atoms with E-state index < -0.39 is 0 Å². The zero-order valence-corrected chi connectivity index (χ0v) is 11.5. The van der Waals surface area contributed by atoms with Crippen molar-refractivity contribution < 1.29 is 0 Å². The molecule has 2 aromatic rings. The summed E-state index contributed by atoms with van der Waals surface area (Å²) in [6, 6.07) is 7.16. The molecule has 0 aliphatic rings. The molecule has 4 nitrogen and oxygen atoms in total. The highest BCUT2D eigenvalue weighted by atomic mass is 16.2. The van der Waals surface area contributed by atoms with Crippen LogP contribution in [0.2, 0.25) is 0 Å². The van der Waals surface area contributed by atoms with Gasteiger partial charge in [-0.3, -0.25) is 9.36 Å². The monoisotopic (exact) mass is 260 g/mol. The summed E-state index contributed by atoms with van der Waals surface area (Å²) in [6.07, 6.45) is 3.64. The lowest BCUT2D eigenvalue weighted by Crippen LogP contribution is -2.38. The Hall–Kier alpha value is -1.84. The second kappa shape index (κ2) is 5.87. The maximum absolute atomic E-state index is 12.5. The number of aromatic amines is 1. The zero-order chi connectivity index (χ0) is 13.8. The van der Waals surface area contributed by atoms with E-state index in [1.165, 1.54) is 4.57 Å². The quantitative estimate of drug-likeness (QED) is 0.898. The fourth-order valence-electron chi connectivity index (χ4n) is 2.58. The lowest BCUT2D eigenvalue weighted by atomic mass is 10.1. The molecule has 0 spiro atoms. The van der Waals surface area contributed by atoms with Crippen LogP contribution < -0.4 is 11.2 Å². The number of para-hydroxylation sites is 1. The van der Waals surface area contributed by atoms with Crippen molar-refractivity contribution in [3.8, 4) is 0 Å². The van der Waals surface area contributed by atoms with Crippen LogP contribution in [0, 0.1) is 0 Å². The van der Waals surface area contributed by atoms with E-state index in [9.17, 15) is 9.59 Å². The zero-order valence-electron chi connectivity index (χ0n) is 11.5. The Kier molecular flexibility index (Phi) is 4.20. The fraction of sp³-hybridized carbons (Fsp3) is 0.467. The maximum Gasteiger partial charge on any atom is 0.329 e. The van der Waals surface area contributed by atoms with Gasteiger partial charge in [0.1, 0.15) is 0 Å². The normalized spacial score (nSPS) is 11.3. The largest absolute Gasteiger partial charge is 0.329 e. The highest BCUT2D eigenvalue weighted by Crippen LogP contribution is 2.17. The van der Waals surface area contributed by atoms with Gasteiger partial charge in [0.15, 0.2) is 0 Å². The molecule has 1 heterocycles. The van der Waals surface area contributed by atoms with Crippen LogP contribution in [0.4, 0.5) is 0 Å². The molecular formula is C15H20N2O2. The third-order valence-electron chi connectivity index (χ3n) is 3.45. The van der Waals surface area contributed by atoms with Crippen molar-refractivity contribution in [2.45, 2.75) is 45.6 Å². The molecule has 19 heavy (non-hydrogen) atoms. The molecule has 0 radical (unpaired) electrons. The van der Waals surface area contributed by atoms with Crippen LogP contribution in [-0.4, -0.2) is 9.55 Å². The third-order valence-corrected chi connectivity index (χ3v) is 3.45. The van der Waals surface area contributed by atoms with Crippen molar-refractivity contribution >= 4 is 10.9 Å². The minimum atomic E-state index is -0.296. The summed E-state index contributed by atoms with van der Waals surface area (Å²) < 4.78 is 1.40. The van der Waals surface area contributed by atoms with Gasteiger partial charge in [-0.05, 0) is 25.0 Å². The Bertz CT molecular complexity index is 664. The average Bonchev–Trinajstić information content (AvgIpc) is 2.39. The number of nitrogens with one attached hydrogen (secondary N) is 1. The van der Waals surface area contributed by atoms with Crippen molar-refractivity contribution in [3.63, 3.8) is 0 Å². The molecular weight excluding hydrogens is 240 g/mol. The lowest BCUT2D eigenvalue weighted by Gasteiger charge is -2.17. The van der Waals surface area contributed by atoms with E-state index in [1.54, 1.807) is 12.1 Å². The molecule has 2 rings (SSSR count). The van der Waals surface area contributed by atoms with Gasteiger partial charge in [-0.1, -0.05) is 38.8 Å². The molecule has 0 aliphatic carbocycles. The number of H-pyrrole nitrogens is 1. The average molecular weight is 260 g/mol.